The van der Waals surface area contributed by atoms with Gasteiger partial charge in [-0.2, -0.15) is 0 Å². The van der Waals surface area contributed by atoms with Crippen molar-refractivity contribution < 1.29 is 4.74 Å². The molecule has 0 bridgehead atoms. The van der Waals surface area contributed by atoms with Crippen molar-refractivity contribution in [1.29, 1.82) is 0 Å². The van der Waals surface area contributed by atoms with E-state index in [1.54, 1.807) is 7.11 Å². The van der Waals surface area contributed by atoms with Gasteiger partial charge in [-0.1, -0.05) is 25.5 Å². The van der Waals surface area contributed by atoms with E-state index < -0.39 is 0 Å². The zero-order valence-electron chi connectivity index (χ0n) is 12.2. The largest absolute Gasteiger partial charge is 0.496 e. The topological polar surface area (TPSA) is 60.2 Å². The maximum atomic E-state index is 5.64. The molecule has 1 aromatic carbocycles. The summed E-state index contributed by atoms with van der Waals surface area (Å²) in [5, 5.41) is 5.63. The van der Waals surface area contributed by atoms with Crippen LogP contribution in [-0.2, 0) is 0 Å². The number of hydrogen-bond acceptors (Lipinski definition) is 4. The van der Waals surface area contributed by atoms with Crippen LogP contribution in [0.25, 0.3) is 10.8 Å². The Morgan fingerprint density at radius 3 is 2.85 bits per heavy atom. The second-order valence-electron chi connectivity index (χ2n) is 4.95. The molecule has 2 rings (SSSR count). The first-order valence-electron chi connectivity index (χ1n) is 7.15. The van der Waals surface area contributed by atoms with Gasteiger partial charge in [-0.15, -0.1) is 0 Å². The number of anilines is 1. The minimum Gasteiger partial charge on any atom is -0.496 e. The van der Waals surface area contributed by atoms with Crippen molar-refractivity contribution in [3.8, 4) is 5.75 Å². The highest BCUT2D eigenvalue weighted by atomic mass is 16.5. The summed E-state index contributed by atoms with van der Waals surface area (Å²) in [7, 11) is 1.69. The van der Waals surface area contributed by atoms with Gasteiger partial charge in [0.1, 0.15) is 11.6 Å². The number of pyridine rings is 1. The minimum absolute atomic E-state index is 0.586. The molecule has 3 N–H and O–H groups in total. The van der Waals surface area contributed by atoms with Crippen LogP contribution in [0.4, 0.5) is 5.82 Å². The fraction of sp³-hybridized carbons (Fsp3) is 0.438. The third-order valence-corrected chi connectivity index (χ3v) is 3.70. The smallest absolute Gasteiger partial charge is 0.133 e. The molecule has 0 radical (unpaired) electrons. The van der Waals surface area contributed by atoms with E-state index in [4.69, 9.17) is 10.5 Å². The first-order chi connectivity index (χ1) is 9.80. The van der Waals surface area contributed by atoms with E-state index in [1.807, 2.05) is 24.4 Å². The van der Waals surface area contributed by atoms with Crippen LogP contribution in [-0.4, -0.2) is 25.2 Å². The first-order valence-corrected chi connectivity index (χ1v) is 7.15. The van der Waals surface area contributed by atoms with Gasteiger partial charge in [-0.05, 0) is 31.0 Å². The zero-order valence-corrected chi connectivity index (χ0v) is 12.2. The molecule has 20 heavy (non-hydrogen) atoms. The second kappa shape index (κ2) is 7.10. The Labute approximate surface area is 120 Å². The number of methoxy groups -OCH3 is 1. The van der Waals surface area contributed by atoms with E-state index in [2.05, 4.69) is 23.3 Å². The van der Waals surface area contributed by atoms with Crippen molar-refractivity contribution in [3.05, 3.63) is 30.5 Å². The van der Waals surface area contributed by atoms with Crippen LogP contribution in [0.15, 0.2) is 30.5 Å². The highest BCUT2D eigenvalue weighted by molar-refractivity contribution is 5.95. The summed E-state index contributed by atoms with van der Waals surface area (Å²) in [4.78, 5) is 4.45. The number of aromatic nitrogens is 1. The van der Waals surface area contributed by atoms with E-state index in [-0.39, 0.29) is 0 Å². The van der Waals surface area contributed by atoms with Crippen LogP contribution in [0.5, 0.6) is 5.75 Å². The molecule has 1 atom stereocenters. The summed E-state index contributed by atoms with van der Waals surface area (Å²) < 4.78 is 5.40. The monoisotopic (exact) mass is 273 g/mol. The number of nitrogens with zero attached hydrogens (tertiary/aromatic N) is 1. The quantitative estimate of drug-likeness (QED) is 0.814. The van der Waals surface area contributed by atoms with Crippen LogP contribution in [0.3, 0.4) is 0 Å². The molecule has 0 fully saturated rings. The molecule has 0 aliphatic heterocycles. The normalized spacial score (nSPS) is 12.3. The van der Waals surface area contributed by atoms with Crippen LogP contribution in [0.1, 0.15) is 19.8 Å². The minimum atomic E-state index is 0.586. The summed E-state index contributed by atoms with van der Waals surface area (Å²) in [5.74, 6) is 2.38. The highest BCUT2D eigenvalue weighted by Gasteiger charge is 2.09. The van der Waals surface area contributed by atoms with Crippen LogP contribution >= 0.6 is 0 Å². The van der Waals surface area contributed by atoms with Crippen LogP contribution < -0.4 is 15.8 Å². The number of nitrogens with one attached hydrogen (secondary N) is 1. The van der Waals surface area contributed by atoms with Gasteiger partial charge in [-0.25, -0.2) is 4.98 Å². The summed E-state index contributed by atoms with van der Waals surface area (Å²) in [5.41, 5.74) is 5.64. The molecular formula is C16H23N3O. The van der Waals surface area contributed by atoms with Gasteiger partial charge in [0, 0.05) is 23.5 Å². The summed E-state index contributed by atoms with van der Waals surface area (Å²) >= 11 is 0. The molecule has 0 amide bonds. The van der Waals surface area contributed by atoms with Gasteiger partial charge in [0.25, 0.3) is 0 Å². The first kappa shape index (κ1) is 14.6. The van der Waals surface area contributed by atoms with E-state index in [0.29, 0.717) is 5.92 Å². The number of hydrogen-bond donors (Lipinski definition) is 2. The molecule has 0 saturated heterocycles. The molecule has 108 valence electrons. The molecular weight excluding hydrogens is 250 g/mol. The van der Waals surface area contributed by atoms with Crippen molar-refractivity contribution in [2.24, 2.45) is 11.7 Å². The molecule has 0 aliphatic rings. The van der Waals surface area contributed by atoms with Gasteiger partial charge in [0.15, 0.2) is 0 Å². The number of fused-ring (bicyclic) bond motifs is 1. The molecule has 4 nitrogen and oxygen atoms in total. The third-order valence-electron chi connectivity index (χ3n) is 3.70. The Morgan fingerprint density at radius 1 is 1.30 bits per heavy atom. The molecule has 0 aliphatic carbocycles. The van der Waals surface area contributed by atoms with Gasteiger partial charge in [-0.3, -0.25) is 0 Å². The molecule has 0 spiro atoms. The van der Waals surface area contributed by atoms with Crippen LogP contribution in [0, 0.1) is 5.92 Å². The lowest BCUT2D eigenvalue weighted by Crippen LogP contribution is -2.18. The van der Waals surface area contributed by atoms with E-state index in [1.165, 1.54) is 0 Å². The van der Waals surface area contributed by atoms with E-state index >= 15 is 0 Å². The Kier molecular flexibility index (Phi) is 5.18. The predicted molar refractivity (Wildman–Crippen MR) is 84.2 cm³/mol. The summed E-state index contributed by atoms with van der Waals surface area (Å²) in [6.07, 6.45) is 3.98. The molecule has 0 saturated carbocycles. The van der Waals surface area contributed by atoms with Crippen molar-refractivity contribution in [2.75, 3.05) is 25.5 Å². The summed E-state index contributed by atoms with van der Waals surface area (Å²) in [6.45, 7) is 3.83. The molecule has 1 aromatic heterocycles. The fourth-order valence-corrected chi connectivity index (χ4v) is 2.42. The Hall–Kier alpha value is -1.81. The molecule has 1 unspecified atom stereocenters. The number of rotatable bonds is 7. The lowest BCUT2D eigenvalue weighted by Gasteiger charge is -2.16. The Morgan fingerprint density at radius 2 is 2.15 bits per heavy atom. The average Bonchev–Trinajstić information content (AvgIpc) is 2.50. The molecule has 1 heterocycles. The van der Waals surface area contributed by atoms with Crippen molar-refractivity contribution in [1.82, 2.24) is 4.98 Å². The average molecular weight is 273 g/mol. The van der Waals surface area contributed by atoms with Crippen molar-refractivity contribution >= 4 is 16.6 Å². The highest BCUT2D eigenvalue weighted by Crippen LogP contribution is 2.29. The molecule has 4 heteroatoms. The Balaban J connectivity index is 2.22. The zero-order chi connectivity index (χ0) is 14.4. The van der Waals surface area contributed by atoms with E-state index in [0.717, 1.165) is 48.3 Å². The third kappa shape index (κ3) is 3.20. The summed E-state index contributed by atoms with van der Waals surface area (Å²) in [6, 6.07) is 8.01. The van der Waals surface area contributed by atoms with Gasteiger partial charge >= 0.3 is 0 Å². The Bertz CT molecular complexity index is 556. The van der Waals surface area contributed by atoms with E-state index in [9.17, 15) is 0 Å². The maximum Gasteiger partial charge on any atom is 0.133 e. The number of ether oxygens (including phenoxy) is 1. The predicted octanol–water partition coefficient (Wildman–Crippen LogP) is 3.03. The van der Waals surface area contributed by atoms with Crippen LogP contribution in [0.2, 0.25) is 0 Å². The van der Waals surface area contributed by atoms with Crippen molar-refractivity contribution in [3.63, 3.8) is 0 Å². The van der Waals surface area contributed by atoms with Gasteiger partial charge < -0.3 is 15.8 Å². The van der Waals surface area contributed by atoms with Gasteiger partial charge in [0.2, 0.25) is 0 Å². The van der Waals surface area contributed by atoms with Gasteiger partial charge in [0.05, 0.1) is 7.11 Å². The lowest BCUT2D eigenvalue weighted by molar-refractivity contribution is 0.420. The second-order valence-corrected chi connectivity index (χ2v) is 4.95. The fourth-order valence-electron chi connectivity index (χ4n) is 2.42. The number of benzene rings is 1. The van der Waals surface area contributed by atoms with Crippen molar-refractivity contribution in [2.45, 2.75) is 19.8 Å². The lowest BCUT2D eigenvalue weighted by atomic mass is 10.0. The standard InChI is InChI=1S/C16H23N3O/c1-3-12(7-9-17)11-19-16-14-5-4-6-15(20-2)13(14)8-10-18-16/h4-6,8,10,12H,3,7,9,11,17H2,1-2H3,(H,18,19). The maximum absolute atomic E-state index is 5.64. The number of nitrogens with two attached hydrogens (primary N) is 1. The SMILES string of the molecule is CCC(CCN)CNc1nccc2c(OC)cccc12. The molecule has 2 aromatic rings.